The number of esters is 1. The van der Waals surface area contributed by atoms with Gasteiger partial charge in [0.2, 0.25) is 5.91 Å². The van der Waals surface area contributed by atoms with Crippen molar-refractivity contribution in [1.82, 2.24) is 20.2 Å². The predicted octanol–water partition coefficient (Wildman–Crippen LogP) is 5.37. The fraction of sp³-hybridized carbons (Fsp3) is 0.956. The minimum Gasteiger partial charge on any atom is -0.461 e. The van der Waals surface area contributed by atoms with Gasteiger partial charge in [0, 0.05) is 44.1 Å². The van der Waals surface area contributed by atoms with Crippen molar-refractivity contribution in [3.8, 4) is 0 Å². The van der Waals surface area contributed by atoms with Gasteiger partial charge in [-0.2, -0.15) is 5.06 Å². The minimum atomic E-state index is -0.830. The first kappa shape index (κ1) is 44.2. The first-order chi connectivity index (χ1) is 26.6. The second-order valence-corrected chi connectivity index (χ2v) is 20.7. The number of carbonyl (C=O) groups is 2. The van der Waals surface area contributed by atoms with E-state index >= 15 is 0 Å². The normalized spacial score (nSPS) is 40.3. The summed E-state index contributed by atoms with van der Waals surface area (Å²) in [4.78, 5) is 39.4. The molecular formula is C45H80N4O7. The summed E-state index contributed by atoms with van der Waals surface area (Å²) in [5.41, 5.74) is 0.314. The van der Waals surface area contributed by atoms with Gasteiger partial charge in [-0.15, -0.1) is 0 Å². The van der Waals surface area contributed by atoms with Crippen molar-refractivity contribution < 1.29 is 34.1 Å². The molecule has 0 aromatic heterocycles. The second kappa shape index (κ2) is 18.9. The molecule has 1 heterocycles. The van der Waals surface area contributed by atoms with Crippen LogP contribution in [0.5, 0.6) is 0 Å². The molecule has 15 atom stereocenters. The number of methoxy groups -OCH3 is 1. The van der Waals surface area contributed by atoms with Gasteiger partial charge in [-0.3, -0.25) is 14.4 Å². The molecule has 1 saturated heterocycles. The van der Waals surface area contributed by atoms with Crippen LogP contribution in [-0.2, 0) is 23.9 Å². The average Bonchev–Trinajstić information content (AvgIpc) is 3.53. The molecule has 1 amide bonds. The van der Waals surface area contributed by atoms with E-state index in [4.69, 9.17) is 14.3 Å². The van der Waals surface area contributed by atoms with Crippen LogP contribution in [0.1, 0.15) is 118 Å². The molecule has 56 heavy (non-hydrogen) atoms. The molecule has 1 aliphatic heterocycles. The molecule has 2 bridgehead atoms. The van der Waals surface area contributed by atoms with Crippen LogP contribution in [0.25, 0.3) is 0 Å². The lowest BCUT2D eigenvalue weighted by molar-refractivity contribution is -0.193. The Morgan fingerprint density at radius 2 is 1.71 bits per heavy atom. The van der Waals surface area contributed by atoms with Crippen molar-refractivity contribution in [1.29, 1.82) is 0 Å². The highest BCUT2D eigenvalue weighted by atomic mass is 16.7. The lowest BCUT2D eigenvalue weighted by Gasteiger charge is -2.62. The van der Waals surface area contributed by atoms with Crippen LogP contribution in [0, 0.1) is 58.7 Å². The largest absolute Gasteiger partial charge is 0.461 e. The van der Waals surface area contributed by atoms with Crippen LogP contribution >= 0.6 is 0 Å². The molecule has 0 spiro atoms. The molecule has 7 fully saturated rings. The Kier molecular flexibility index (Phi) is 14.9. The van der Waals surface area contributed by atoms with Gasteiger partial charge < -0.3 is 34.8 Å². The molecule has 3 N–H and O–H groups in total. The Bertz CT molecular complexity index is 1290. The minimum absolute atomic E-state index is 0.0304. The van der Waals surface area contributed by atoms with E-state index in [2.05, 4.69) is 64.1 Å². The van der Waals surface area contributed by atoms with Crippen LogP contribution in [0.4, 0.5) is 0 Å². The lowest BCUT2D eigenvalue weighted by atomic mass is 9.45. The SMILES string of the molecule is COC1C(CN2O[C@@H](CO)[C@H]([C@H](C)O)[C@H]2C(=O)N[C@H]2C[C@H]3C[C@@H]([C@@H]2C)C3(C)C)CCCC1C1CC(C(=O)OC(CC2CCCCC2)CN(C)C)CC(N(C)C)C1. The predicted molar refractivity (Wildman–Crippen MR) is 218 cm³/mol. The topological polar surface area (TPSA) is 124 Å². The summed E-state index contributed by atoms with van der Waals surface area (Å²) in [6.45, 7) is 9.69. The number of hydroxylamine groups is 2. The third-order valence-electron chi connectivity index (χ3n) is 16.3. The van der Waals surface area contributed by atoms with E-state index in [1.165, 1.54) is 38.5 Å². The fourth-order valence-corrected chi connectivity index (χ4v) is 13.0. The van der Waals surface area contributed by atoms with Crippen molar-refractivity contribution in [3.05, 3.63) is 0 Å². The van der Waals surface area contributed by atoms with Crippen LogP contribution in [0.15, 0.2) is 0 Å². The number of likely N-dealkylation sites (N-methyl/N-ethyl adjacent to an activating group) is 1. The quantitative estimate of drug-likeness (QED) is 0.187. The maximum absolute atomic E-state index is 14.4. The molecule has 7 aliphatic rings. The lowest BCUT2D eigenvalue weighted by Crippen LogP contribution is -2.62. The number of nitrogens with one attached hydrogen (secondary N) is 1. The summed E-state index contributed by atoms with van der Waals surface area (Å²) < 4.78 is 12.9. The first-order valence-corrected chi connectivity index (χ1v) is 22.7. The van der Waals surface area contributed by atoms with Crippen LogP contribution in [0.2, 0.25) is 0 Å². The Hall–Kier alpha value is -1.34. The van der Waals surface area contributed by atoms with Gasteiger partial charge in [0.25, 0.3) is 0 Å². The average molecular weight is 789 g/mol. The zero-order chi connectivity index (χ0) is 40.5. The number of carbonyl (C=O) groups excluding carboxylic acids is 2. The van der Waals surface area contributed by atoms with Crippen LogP contribution in [-0.4, -0.2) is 134 Å². The van der Waals surface area contributed by atoms with E-state index in [1.807, 2.05) is 7.11 Å². The smallest absolute Gasteiger partial charge is 0.309 e. The fourth-order valence-electron chi connectivity index (χ4n) is 13.0. The van der Waals surface area contributed by atoms with Crippen molar-refractivity contribution >= 4 is 11.9 Å². The zero-order valence-corrected chi connectivity index (χ0v) is 36.5. The standard InChI is InChI=1S/C45H80N4O7/c1-27-37-22-33(45(37,3)4)23-38(27)46-43(52)41-40(28(2)51)39(26-50)56-49(41)24-30-16-13-17-36(42(30)54-9)31-19-32(21-34(20-31)48(7)8)44(53)55-35(25-47(5)6)18-29-14-11-10-12-15-29/h27-42,50-51H,10-26H2,1-9H3,(H,46,52)/t27-,28-,30?,31?,32?,33+,34?,35?,36?,37-,38-,39-,40-,41-,42?/m0/s1. The summed E-state index contributed by atoms with van der Waals surface area (Å²) in [7, 11) is 10.2. The zero-order valence-electron chi connectivity index (χ0n) is 36.5. The van der Waals surface area contributed by atoms with Crippen molar-refractivity contribution in [2.24, 2.45) is 58.7 Å². The summed E-state index contributed by atoms with van der Waals surface area (Å²) in [6, 6.07) is -0.337. The molecule has 7 unspecified atom stereocenters. The number of hydrogen-bond donors (Lipinski definition) is 3. The number of aliphatic hydroxyl groups excluding tert-OH is 2. The molecule has 6 aliphatic carbocycles. The molecule has 6 saturated carbocycles. The molecule has 0 aromatic rings. The number of aliphatic hydroxyl groups is 2. The van der Waals surface area contributed by atoms with Gasteiger partial charge in [0.1, 0.15) is 18.2 Å². The number of fused-ring (bicyclic) bond motifs is 2. The van der Waals surface area contributed by atoms with Crippen molar-refractivity contribution in [3.63, 3.8) is 0 Å². The third kappa shape index (κ3) is 9.65. The first-order valence-electron chi connectivity index (χ1n) is 22.7. The molecule has 7 rings (SSSR count). The van der Waals surface area contributed by atoms with Gasteiger partial charge in [0.15, 0.2) is 0 Å². The Morgan fingerprint density at radius 1 is 0.982 bits per heavy atom. The number of amides is 1. The van der Waals surface area contributed by atoms with E-state index in [-0.39, 0.29) is 60.5 Å². The number of nitrogens with zero attached hydrogens (tertiary/aromatic N) is 3. The van der Waals surface area contributed by atoms with Gasteiger partial charge in [-0.1, -0.05) is 59.3 Å². The van der Waals surface area contributed by atoms with Crippen molar-refractivity contribution in [2.75, 3.05) is 55.0 Å². The van der Waals surface area contributed by atoms with Gasteiger partial charge in [0.05, 0.1) is 24.7 Å². The van der Waals surface area contributed by atoms with E-state index in [0.29, 0.717) is 41.5 Å². The Morgan fingerprint density at radius 3 is 2.32 bits per heavy atom. The van der Waals surface area contributed by atoms with Gasteiger partial charge in [-0.25, -0.2) is 0 Å². The molecule has 11 heteroatoms. The number of ether oxygens (including phenoxy) is 2. The Labute approximate surface area is 339 Å². The maximum Gasteiger partial charge on any atom is 0.309 e. The second-order valence-electron chi connectivity index (χ2n) is 20.7. The summed E-state index contributed by atoms with van der Waals surface area (Å²) in [5, 5.41) is 26.7. The molecular weight excluding hydrogens is 709 g/mol. The summed E-state index contributed by atoms with van der Waals surface area (Å²) >= 11 is 0. The van der Waals surface area contributed by atoms with Gasteiger partial charge in [-0.05, 0) is 127 Å². The van der Waals surface area contributed by atoms with Crippen LogP contribution in [0.3, 0.4) is 0 Å². The highest BCUT2D eigenvalue weighted by Gasteiger charge is 2.58. The van der Waals surface area contributed by atoms with Crippen molar-refractivity contribution in [2.45, 2.75) is 160 Å². The molecule has 0 aromatic carbocycles. The number of rotatable bonds is 15. The van der Waals surface area contributed by atoms with Crippen LogP contribution < -0.4 is 5.32 Å². The van der Waals surface area contributed by atoms with E-state index in [0.717, 1.165) is 57.9 Å². The molecule has 0 radical (unpaired) electrons. The summed E-state index contributed by atoms with van der Waals surface area (Å²) in [5.74, 6) is 2.02. The van der Waals surface area contributed by atoms with E-state index < -0.39 is 24.2 Å². The molecule has 11 nitrogen and oxygen atoms in total. The molecule has 322 valence electrons. The Balaban J connectivity index is 1.15. The van der Waals surface area contributed by atoms with E-state index in [1.54, 1.807) is 12.0 Å². The van der Waals surface area contributed by atoms with E-state index in [9.17, 15) is 19.8 Å². The highest BCUT2D eigenvalue weighted by molar-refractivity contribution is 5.83. The van der Waals surface area contributed by atoms with Gasteiger partial charge >= 0.3 is 5.97 Å². The highest BCUT2D eigenvalue weighted by Crippen LogP contribution is 2.61. The summed E-state index contributed by atoms with van der Waals surface area (Å²) in [6.07, 6.45) is 13.5. The monoisotopic (exact) mass is 789 g/mol. The number of hydrogen-bond acceptors (Lipinski definition) is 10. The maximum atomic E-state index is 14.4. The third-order valence-corrected chi connectivity index (χ3v) is 16.3.